The van der Waals surface area contributed by atoms with Gasteiger partial charge in [0.2, 0.25) is 5.91 Å². The third-order valence-electron chi connectivity index (χ3n) is 4.21. The number of carbonyl (C=O) groups excluding carboxylic acids is 1. The molecule has 6 nitrogen and oxygen atoms in total. The molecule has 22 heavy (non-hydrogen) atoms. The molecule has 0 spiro atoms. The van der Waals surface area contributed by atoms with Crippen molar-refractivity contribution in [3.63, 3.8) is 0 Å². The highest BCUT2D eigenvalue weighted by molar-refractivity contribution is 5.73. The number of amides is 1. The molecule has 1 atom stereocenters. The molecule has 1 aliphatic rings. The van der Waals surface area contributed by atoms with Crippen molar-refractivity contribution in [3.05, 3.63) is 36.3 Å². The largest absolute Gasteiger partial charge is 0.342 e. The van der Waals surface area contributed by atoms with Crippen LogP contribution in [0.15, 0.2) is 24.8 Å². The van der Waals surface area contributed by atoms with Crippen LogP contribution in [0.25, 0.3) is 5.82 Å². The molecule has 1 amide bonds. The lowest BCUT2D eigenvalue weighted by atomic mass is 9.95. The summed E-state index contributed by atoms with van der Waals surface area (Å²) in [6.07, 6.45) is 10.2. The van der Waals surface area contributed by atoms with Gasteiger partial charge in [0.25, 0.3) is 0 Å². The minimum atomic E-state index is 0.136. The molecule has 2 aromatic heterocycles. The highest BCUT2D eigenvalue weighted by atomic mass is 16.2. The van der Waals surface area contributed by atoms with E-state index in [4.69, 9.17) is 4.98 Å². The Bertz CT molecular complexity index is 666. The number of aryl methyl sites for hydroxylation is 1. The van der Waals surface area contributed by atoms with Gasteiger partial charge in [-0.25, -0.2) is 9.97 Å². The summed E-state index contributed by atoms with van der Waals surface area (Å²) >= 11 is 0. The first-order valence-electron chi connectivity index (χ1n) is 7.79. The van der Waals surface area contributed by atoms with Crippen molar-refractivity contribution in [2.75, 3.05) is 13.1 Å². The van der Waals surface area contributed by atoms with Crippen LogP contribution in [0.4, 0.5) is 0 Å². The van der Waals surface area contributed by atoms with Crippen molar-refractivity contribution in [2.24, 2.45) is 0 Å². The predicted octanol–water partition coefficient (Wildman–Crippen LogP) is 1.95. The predicted molar refractivity (Wildman–Crippen MR) is 82.8 cm³/mol. The second-order valence-electron chi connectivity index (χ2n) is 5.67. The average Bonchev–Trinajstić information content (AvgIpc) is 3.04. The molecule has 6 heteroatoms. The molecule has 0 saturated carbocycles. The molecule has 2 aromatic rings. The number of carbonyl (C=O) groups is 1. The zero-order valence-corrected chi connectivity index (χ0v) is 13.1. The van der Waals surface area contributed by atoms with Crippen LogP contribution >= 0.6 is 0 Å². The number of hydrogen-bond acceptors (Lipinski definition) is 4. The van der Waals surface area contributed by atoms with Crippen LogP contribution in [0.5, 0.6) is 0 Å². The van der Waals surface area contributed by atoms with E-state index in [1.807, 2.05) is 21.9 Å². The fourth-order valence-corrected chi connectivity index (χ4v) is 2.99. The molecule has 1 saturated heterocycles. The van der Waals surface area contributed by atoms with E-state index in [2.05, 4.69) is 16.9 Å². The van der Waals surface area contributed by atoms with Crippen molar-refractivity contribution in [3.8, 4) is 5.82 Å². The fourth-order valence-electron chi connectivity index (χ4n) is 2.99. The van der Waals surface area contributed by atoms with Crippen LogP contribution in [0, 0.1) is 0 Å². The monoisotopic (exact) mass is 299 g/mol. The van der Waals surface area contributed by atoms with Gasteiger partial charge in [0.1, 0.15) is 5.82 Å². The van der Waals surface area contributed by atoms with Gasteiger partial charge in [-0.2, -0.15) is 0 Å². The van der Waals surface area contributed by atoms with E-state index in [9.17, 15) is 4.79 Å². The van der Waals surface area contributed by atoms with Crippen LogP contribution in [0.2, 0.25) is 0 Å². The van der Waals surface area contributed by atoms with E-state index >= 15 is 0 Å². The topological polar surface area (TPSA) is 63.9 Å². The molecule has 0 bridgehead atoms. The second-order valence-corrected chi connectivity index (χ2v) is 5.67. The molecule has 0 aromatic carbocycles. The maximum Gasteiger partial charge on any atom is 0.219 e. The number of rotatable bonds is 3. The summed E-state index contributed by atoms with van der Waals surface area (Å²) < 4.78 is 1.97. The molecule has 0 aliphatic carbocycles. The number of piperidine rings is 1. The Kier molecular flexibility index (Phi) is 4.18. The zero-order valence-electron chi connectivity index (χ0n) is 13.1. The number of imidazole rings is 1. The third-order valence-corrected chi connectivity index (χ3v) is 4.21. The molecule has 3 rings (SSSR count). The van der Waals surface area contributed by atoms with Gasteiger partial charge < -0.3 is 4.90 Å². The summed E-state index contributed by atoms with van der Waals surface area (Å²) in [4.78, 5) is 26.9. The van der Waals surface area contributed by atoms with E-state index in [-0.39, 0.29) is 11.8 Å². The van der Waals surface area contributed by atoms with Gasteiger partial charge in [0, 0.05) is 50.9 Å². The van der Waals surface area contributed by atoms with Crippen LogP contribution in [0.1, 0.15) is 44.1 Å². The lowest BCUT2D eigenvalue weighted by Crippen LogP contribution is -2.37. The maximum atomic E-state index is 11.6. The van der Waals surface area contributed by atoms with Crippen molar-refractivity contribution >= 4 is 5.91 Å². The highest BCUT2D eigenvalue weighted by Gasteiger charge is 2.24. The Morgan fingerprint density at radius 1 is 1.41 bits per heavy atom. The Hall–Kier alpha value is -2.24. The van der Waals surface area contributed by atoms with E-state index in [0.29, 0.717) is 0 Å². The molecular formula is C16H21N5O. The average molecular weight is 299 g/mol. The molecule has 1 aliphatic heterocycles. The van der Waals surface area contributed by atoms with Crippen LogP contribution in [0.3, 0.4) is 0 Å². The Balaban J connectivity index is 1.86. The third kappa shape index (κ3) is 2.86. The molecule has 1 fully saturated rings. The standard InChI is InChI=1S/C16H21N5O/c1-3-15-18-6-8-21(15)16-10-17-9-14(19-16)13-5-4-7-20(11-13)12(2)22/h6,8-10,13H,3-5,7,11H2,1-2H3/t13-/m0/s1. The summed E-state index contributed by atoms with van der Waals surface area (Å²) in [6.45, 7) is 5.28. The maximum absolute atomic E-state index is 11.6. The van der Waals surface area contributed by atoms with E-state index in [1.54, 1.807) is 19.3 Å². The highest BCUT2D eigenvalue weighted by Crippen LogP contribution is 2.25. The van der Waals surface area contributed by atoms with Gasteiger partial charge in [-0.3, -0.25) is 14.3 Å². The summed E-state index contributed by atoms with van der Waals surface area (Å²) in [5, 5.41) is 0. The van der Waals surface area contributed by atoms with Gasteiger partial charge in [0.15, 0.2) is 5.82 Å². The summed E-state index contributed by atoms with van der Waals surface area (Å²) in [5.41, 5.74) is 0.958. The molecular weight excluding hydrogens is 278 g/mol. The van der Waals surface area contributed by atoms with Gasteiger partial charge >= 0.3 is 0 Å². The second kappa shape index (κ2) is 6.25. The minimum absolute atomic E-state index is 0.136. The minimum Gasteiger partial charge on any atom is -0.342 e. The summed E-state index contributed by atoms with van der Waals surface area (Å²) in [7, 11) is 0. The number of hydrogen-bond donors (Lipinski definition) is 0. The van der Waals surface area contributed by atoms with Gasteiger partial charge in [0.05, 0.1) is 11.9 Å². The first kappa shape index (κ1) is 14.7. The van der Waals surface area contributed by atoms with Crippen molar-refractivity contribution in [2.45, 2.75) is 39.0 Å². The van der Waals surface area contributed by atoms with Gasteiger partial charge in [-0.15, -0.1) is 0 Å². The quantitative estimate of drug-likeness (QED) is 0.869. The Labute approximate surface area is 130 Å². The molecule has 0 N–H and O–H groups in total. The fraction of sp³-hybridized carbons (Fsp3) is 0.500. The van der Waals surface area contributed by atoms with Crippen molar-refractivity contribution < 1.29 is 4.79 Å². The van der Waals surface area contributed by atoms with Gasteiger partial charge in [-0.05, 0) is 12.8 Å². The SMILES string of the molecule is CCc1nccn1-c1cncc([C@H]2CCCN(C(C)=O)C2)n1. The smallest absolute Gasteiger partial charge is 0.219 e. The number of aromatic nitrogens is 4. The van der Waals surface area contributed by atoms with Crippen molar-refractivity contribution in [1.29, 1.82) is 0 Å². The molecule has 3 heterocycles. The molecule has 116 valence electrons. The van der Waals surface area contributed by atoms with Crippen molar-refractivity contribution in [1.82, 2.24) is 24.4 Å². The lowest BCUT2D eigenvalue weighted by molar-refractivity contribution is -0.130. The molecule has 0 unspecified atom stereocenters. The Morgan fingerprint density at radius 2 is 2.27 bits per heavy atom. The lowest BCUT2D eigenvalue weighted by Gasteiger charge is -2.31. The summed E-state index contributed by atoms with van der Waals surface area (Å²) in [5.74, 6) is 2.17. The van der Waals surface area contributed by atoms with Gasteiger partial charge in [-0.1, -0.05) is 6.92 Å². The molecule has 0 radical (unpaired) electrons. The zero-order chi connectivity index (χ0) is 15.5. The van der Waals surface area contributed by atoms with E-state index < -0.39 is 0 Å². The normalized spacial score (nSPS) is 18.5. The first-order valence-corrected chi connectivity index (χ1v) is 7.79. The van der Waals surface area contributed by atoms with E-state index in [1.165, 1.54) is 0 Å². The van der Waals surface area contributed by atoms with E-state index in [0.717, 1.165) is 49.7 Å². The summed E-state index contributed by atoms with van der Waals surface area (Å²) in [6, 6.07) is 0. The number of nitrogens with zero attached hydrogens (tertiary/aromatic N) is 5. The van der Waals surface area contributed by atoms with Crippen LogP contribution in [-0.4, -0.2) is 43.4 Å². The van der Waals surface area contributed by atoms with Crippen LogP contribution in [-0.2, 0) is 11.2 Å². The number of likely N-dealkylation sites (tertiary alicyclic amines) is 1. The van der Waals surface area contributed by atoms with Crippen LogP contribution < -0.4 is 0 Å². The Morgan fingerprint density at radius 3 is 3.05 bits per heavy atom. The first-order chi connectivity index (χ1) is 10.7.